The highest BCUT2D eigenvalue weighted by Gasteiger charge is 2.56. The second-order valence-electron chi connectivity index (χ2n) is 6.52. The molecule has 0 amide bonds. The van der Waals surface area contributed by atoms with E-state index in [2.05, 4.69) is 43.3 Å². The quantitative estimate of drug-likeness (QED) is 0.825. The van der Waals surface area contributed by atoms with Crippen molar-refractivity contribution in [2.24, 2.45) is 11.8 Å². The predicted octanol–water partition coefficient (Wildman–Crippen LogP) is 4.08. The third kappa shape index (κ3) is 2.12. The number of hydrogen-bond acceptors (Lipinski definition) is 1. The number of carbonyl (C=O) groups excluding carboxylic acids is 1. The summed E-state index contributed by atoms with van der Waals surface area (Å²) in [4.78, 5) is 12.7. The van der Waals surface area contributed by atoms with Crippen molar-refractivity contribution in [3.63, 3.8) is 0 Å². The minimum atomic E-state index is 0.272. The van der Waals surface area contributed by atoms with Gasteiger partial charge in [-0.05, 0) is 53.9 Å². The van der Waals surface area contributed by atoms with E-state index in [9.17, 15) is 4.79 Å². The summed E-state index contributed by atoms with van der Waals surface area (Å²) in [5, 5.41) is 0. The van der Waals surface area contributed by atoms with Gasteiger partial charge in [0.2, 0.25) is 0 Å². The first-order valence-corrected chi connectivity index (χ1v) is 7.91. The highest BCUT2D eigenvalue weighted by atomic mass is 16.1. The van der Waals surface area contributed by atoms with Crippen molar-refractivity contribution in [3.8, 4) is 0 Å². The fraction of sp³-hybridized carbons (Fsp3) is 0.350. The van der Waals surface area contributed by atoms with Crippen molar-refractivity contribution < 1.29 is 4.79 Å². The molecule has 0 N–H and O–H groups in total. The van der Waals surface area contributed by atoms with Gasteiger partial charge in [0.25, 0.3) is 0 Å². The van der Waals surface area contributed by atoms with Crippen molar-refractivity contribution in [1.29, 1.82) is 0 Å². The first-order chi connectivity index (χ1) is 10.3. The average molecular weight is 276 g/mol. The van der Waals surface area contributed by atoms with Gasteiger partial charge in [0, 0.05) is 12.3 Å². The van der Waals surface area contributed by atoms with Crippen molar-refractivity contribution >= 4 is 5.78 Å². The molecule has 0 radical (unpaired) electrons. The fourth-order valence-electron chi connectivity index (χ4n) is 4.12. The molecular weight excluding hydrogens is 256 g/mol. The number of benzene rings is 2. The molecule has 3 atom stereocenters. The highest BCUT2D eigenvalue weighted by molar-refractivity contribution is 5.88. The normalized spacial score (nSPS) is 25.9. The van der Waals surface area contributed by atoms with Gasteiger partial charge in [-0.1, -0.05) is 48.5 Å². The number of carbonyl (C=O) groups is 1. The van der Waals surface area contributed by atoms with Gasteiger partial charge in [0.05, 0.1) is 0 Å². The van der Waals surface area contributed by atoms with Crippen LogP contribution >= 0.6 is 0 Å². The Hall–Kier alpha value is -1.89. The first kappa shape index (κ1) is 12.8. The SMILES string of the molecule is Cc1ccccc1CC(=O)C1C2CCc3ccccc3C21. The summed E-state index contributed by atoms with van der Waals surface area (Å²) in [6.07, 6.45) is 2.93. The third-order valence-electron chi connectivity index (χ3n) is 5.33. The maximum atomic E-state index is 12.7. The van der Waals surface area contributed by atoms with Crippen molar-refractivity contribution in [1.82, 2.24) is 0 Å². The molecular formula is C20H20O. The highest BCUT2D eigenvalue weighted by Crippen LogP contribution is 2.60. The third-order valence-corrected chi connectivity index (χ3v) is 5.33. The summed E-state index contributed by atoms with van der Waals surface area (Å²) in [5.74, 6) is 1.83. The van der Waals surface area contributed by atoms with Crippen LogP contribution in [0.1, 0.15) is 34.6 Å². The second kappa shape index (κ2) is 4.84. The zero-order chi connectivity index (χ0) is 14.4. The van der Waals surface area contributed by atoms with Crippen LogP contribution in [0.15, 0.2) is 48.5 Å². The molecule has 1 nitrogen and oxygen atoms in total. The topological polar surface area (TPSA) is 17.1 Å². The number of Topliss-reactive ketones (excluding diaryl/α,β-unsaturated/α-hetero) is 1. The Morgan fingerprint density at radius 2 is 1.86 bits per heavy atom. The zero-order valence-corrected chi connectivity index (χ0v) is 12.4. The van der Waals surface area contributed by atoms with Gasteiger partial charge < -0.3 is 0 Å². The molecule has 4 rings (SSSR count). The molecule has 1 heteroatoms. The van der Waals surface area contributed by atoms with E-state index in [0.717, 1.165) is 6.42 Å². The molecule has 3 unspecified atom stereocenters. The fourth-order valence-corrected chi connectivity index (χ4v) is 4.12. The van der Waals surface area contributed by atoms with Crippen molar-refractivity contribution in [3.05, 3.63) is 70.8 Å². The Kier molecular flexibility index (Phi) is 2.95. The van der Waals surface area contributed by atoms with Crippen LogP contribution in [0.2, 0.25) is 0 Å². The number of rotatable bonds is 3. The lowest BCUT2D eigenvalue weighted by Gasteiger charge is -2.13. The van der Waals surface area contributed by atoms with Gasteiger partial charge >= 0.3 is 0 Å². The molecule has 1 saturated carbocycles. The van der Waals surface area contributed by atoms with Crippen LogP contribution in [0.3, 0.4) is 0 Å². The monoisotopic (exact) mass is 276 g/mol. The van der Waals surface area contributed by atoms with Crippen LogP contribution in [0.25, 0.3) is 0 Å². The molecule has 0 aliphatic heterocycles. The predicted molar refractivity (Wildman–Crippen MR) is 84.4 cm³/mol. The van der Waals surface area contributed by atoms with Crippen LogP contribution in [0.4, 0.5) is 0 Å². The lowest BCUT2D eigenvalue weighted by Crippen LogP contribution is -2.08. The maximum Gasteiger partial charge on any atom is 0.141 e. The van der Waals surface area contributed by atoms with Gasteiger partial charge in [-0.2, -0.15) is 0 Å². The average Bonchev–Trinajstić information content (AvgIpc) is 3.24. The van der Waals surface area contributed by atoms with Gasteiger partial charge in [0.1, 0.15) is 5.78 Å². The Morgan fingerprint density at radius 1 is 1.10 bits per heavy atom. The summed E-state index contributed by atoms with van der Waals surface area (Å²) in [7, 11) is 0. The molecule has 1 fully saturated rings. The molecule has 21 heavy (non-hydrogen) atoms. The Labute approximate surface area is 126 Å². The number of fused-ring (bicyclic) bond motifs is 3. The van der Waals surface area contributed by atoms with Crippen molar-refractivity contribution in [2.75, 3.05) is 0 Å². The number of hydrogen-bond donors (Lipinski definition) is 0. The van der Waals surface area contributed by atoms with Gasteiger partial charge in [0.15, 0.2) is 0 Å². The van der Waals surface area contributed by atoms with Crippen LogP contribution in [0, 0.1) is 18.8 Å². The summed E-state index contributed by atoms with van der Waals surface area (Å²) in [6, 6.07) is 16.9. The molecule has 106 valence electrons. The van der Waals surface area contributed by atoms with E-state index in [1.165, 1.54) is 28.7 Å². The maximum absolute atomic E-state index is 12.7. The first-order valence-electron chi connectivity index (χ1n) is 7.91. The molecule has 2 aliphatic rings. The molecule has 2 aliphatic carbocycles. The molecule has 0 spiro atoms. The van der Waals surface area contributed by atoms with E-state index >= 15 is 0 Å². The van der Waals surface area contributed by atoms with E-state index in [4.69, 9.17) is 0 Å². The minimum Gasteiger partial charge on any atom is -0.299 e. The van der Waals surface area contributed by atoms with Gasteiger partial charge in [-0.25, -0.2) is 0 Å². The van der Waals surface area contributed by atoms with Crippen LogP contribution < -0.4 is 0 Å². The van der Waals surface area contributed by atoms with E-state index < -0.39 is 0 Å². The molecule has 2 aromatic rings. The van der Waals surface area contributed by atoms with Crippen LogP contribution in [-0.2, 0) is 17.6 Å². The van der Waals surface area contributed by atoms with E-state index in [-0.39, 0.29) is 5.92 Å². The summed E-state index contributed by atoms with van der Waals surface area (Å²) < 4.78 is 0. The molecule has 0 heterocycles. The lowest BCUT2D eigenvalue weighted by atomic mass is 9.92. The summed E-state index contributed by atoms with van der Waals surface area (Å²) in [6.45, 7) is 2.10. The Bertz CT molecular complexity index is 700. The van der Waals surface area contributed by atoms with Crippen LogP contribution in [-0.4, -0.2) is 5.78 Å². The molecule has 0 aromatic heterocycles. The lowest BCUT2D eigenvalue weighted by molar-refractivity contribution is -0.120. The Balaban J connectivity index is 1.55. The smallest absolute Gasteiger partial charge is 0.141 e. The standard InChI is InChI=1S/C20H20O/c1-13-6-2-3-8-15(13)12-18(21)20-17-11-10-14-7-4-5-9-16(14)19(17)20/h2-9,17,19-20H,10-12H2,1H3. The van der Waals surface area contributed by atoms with E-state index in [1.54, 1.807) is 0 Å². The largest absolute Gasteiger partial charge is 0.299 e. The number of aryl methyl sites for hydroxylation is 2. The van der Waals surface area contributed by atoms with Crippen LogP contribution in [0.5, 0.6) is 0 Å². The van der Waals surface area contributed by atoms with Gasteiger partial charge in [-0.3, -0.25) is 4.79 Å². The Morgan fingerprint density at radius 3 is 2.71 bits per heavy atom. The van der Waals surface area contributed by atoms with E-state index in [0.29, 0.717) is 24.0 Å². The molecule has 0 saturated heterocycles. The number of ketones is 1. The van der Waals surface area contributed by atoms with Gasteiger partial charge in [-0.15, -0.1) is 0 Å². The van der Waals surface area contributed by atoms with E-state index in [1.807, 2.05) is 12.1 Å². The minimum absolute atomic E-state index is 0.272. The van der Waals surface area contributed by atoms with Crippen molar-refractivity contribution in [2.45, 2.75) is 32.1 Å². The second-order valence-corrected chi connectivity index (χ2v) is 6.52. The summed E-state index contributed by atoms with van der Waals surface area (Å²) >= 11 is 0. The molecule has 0 bridgehead atoms. The zero-order valence-electron chi connectivity index (χ0n) is 12.4. The summed E-state index contributed by atoms with van der Waals surface area (Å²) in [5.41, 5.74) is 5.33. The molecule has 2 aromatic carbocycles.